The first kappa shape index (κ1) is 11.0. The van der Waals surface area contributed by atoms with Crippen LogP contribution in [0.3, 0.4) is 0 Å². The first-order valence-electron chi connectivity index (χ1n) is 5.12. The Morgan fingerprint density at radius 2 is 2.36 bits per heavy atom. The van der Waals surface area contributed by atoms with E-state index in [2.05, 4.69) is 0 Å². The van der Waals surface area contributed by atoms with E-state index in [4.69, 9.17) is 5.11 Å². The van der Waals surface area contributed by atoms with Crippen molar-refractivity contribution in [3.63, 3.8) is 0 Å². The second-order valence-electron chi connectivity index (χ2n) is 3.87. The maximum atomic E-state index is 11.6. The Kier molecular flexibility index (Phi) is 3.92. The monoisotopic (exact) mass is 199 g/mol. The maximum absolute atomic E-state index is 11.6. The van der Waals surface area contributed by atoms with Crippen LogP contribution >= 0.6 is 0 Å². The fourth-order valence-corrected chi connectivity index (χ4v) is 1.78. The molecule has 0 aromatic heterocycles. The molecule has 80 valence electrons. The molecule has 0 spiro atoms. The number of nitrogens with zero attached hydrogens (tertiary/aromatic N) is 1. The number of carboxylic acids is 1. The van der Waals surface area contributed by atoms with Crippen molar-refractivity contribution in [3.8, 4) is 0 Å². The molecule has 1 fully saturated rings. The second kappa shape index (κ2) is 4.98. The van der Waals surface area contributed by atoms with Gasteiger partial charge < -0.3 is 10.0 Å². The number of piperidine rings is 1. The molecule has 1 aliphatic heterocycles. The molecule has 4 heteroatoms. The molecule has 1 heterocycles. The van der Waals surface area contributed by atoms with Gasteiger partial charge in [-0.25, -0.2) is 0 Å². The summed E-state index contributed by atoms with van der Waals surface area (Å²) in [6, 6.07) is 0. The highest BCUT2D eigenvalue weighted by Gasteiger charge is 2.24. The number of rotatable bonds is 4. The molecule has 1 rings (SSSR count). The number of aliphatic carboxylic acids is 1. The number of hydrogen-bond acceptors (Lipinski definition) is 2. The Labute approximate surface area is 83.9 Å². The zero-order chi connectivity index (χ0) is 10.6. The van der Waals surface area contributed by atoms with Gasteiger partial charge in [-0.2, -0.15) is 0 Å². The lowest BCUT2D eigenvalue weighted by molar-refractivity contribution is -0.140. The van der Waals surface area contributed by atoms with Gasteiger partial charge in [-0.05, 0) is 19.3 Å². The van der Waals surface area contributed by atoms with E-state index in [9.17, 15) is 9.59 Å². The summed E-state index contributed by atoms with van der Waals surface area (Å²) in [4.78, 5) is 23.7. The highest BCUT2D eigenvalue weighted by atomic mass is 16.4. The molecule has 1 atom stereocenters. The highest BCUT2D eigenvalue weighted by Crippen LogP contribution is 2.17. The third kappa shape index (κ3) is 3.01. The summed E-state index contributed by atoms with van der Waals surface area (Å²) in [6.07, 6.45) is 2.72. The molecular weight excluding hydrogens is 182 g/mol. The van der Waals surface area contributed by atoms with Crippen LogP contribution in [0.2, 0.25) is 0 Å². The summed E-state index contributed by atoms with van der Waals surface area (Å²) in [7, 11) is 0. The SMILES string of the molecule is C[C@@H]1CCCN(CCCC(=O)O)C1=O. The second-order valence-corrected chi connectivity index (χ2v) is 3.87. The van der Waals surface area contributed by atoms with Crippen molar-refractivity contribution in [3.05, 3.63) is 0 Å². The maximum Gasteiger partial charge on any atom is 0.303 e. The lowest BCUT2D eigenvalue weighted by atomic mass is 9.99. The Hall–Kier alpha value is -1.06. The molecular formula is C10H17NO3. The smallest absolute Gasteiger partial charge is 0.303 e. The predicted octanol–water partition coefficient (Wildman–Crippen LogP) is 1.11. The van der Waals surface area contributed by atoms with Crippen LogP contribution in [0.5, 0.6) is 0 Å². The van der Waals surface area contributed by atoms with Crippen LogP contribution < -0.4 is 0 Å². The van der Waals surface area contributed by atoms with Crippen LogP contribution in [0.4, 0.5) is 0 Å². The van der Waals surface area contributed by atoms with Crippen LogP contribution in [0.25, 0.3) is 0 Å². The summed E-state index contributed by atoms with van der Waals surface area (Å²) < 4.78 is 0. The lowest BCUT2D eigenvalue weighted by Gasteiger charge is -2.30. The van der Waals surface area contributed by atoms with E-state index in [1.54, 1.807) is 4.90 Å². The number of likely N-dealkylation sites (tertiary alicyclic amines) is 1. The number of carbonyl (C=O) groups is 2. The third-order valence-electron chi connectivity index (χ3n) is 2.62. The molecule has 0 saturated carbocycles. The first-order valence-corrected chi connectivity index (χ1v) is 5.12. The van der Waals surface area contributed by atoms with Gasteiger partial charge in [0, 0.05) is 25.4 Å². The Balaban J connectivity index is 2.29. The predicted molar refractivity (Wildman–Crippen MR) is 51.8 cm³/mol. The van der Waals surface area contributed by atoms with Crippen molar-refractivity contribution in [1.29, 1.82) is 0 Å². The average molecular weight is 199 g/mol. The highest BCUT2D eigenvalue weighted by molar-refractivity contribution is 5.79. The number of amides is 1. The Bertz CT molecular complexity index is 227. The molecule has 0 aromatic carbocycles. The van der Waals surface area contributed by atoms with E-state index in [1.807, 2.05) is 6.92 Å². The van der Waals surface area contributed by atoms with Gasteiger partial charge >= 0.3 is 5.97 Å². The topological polar surface area (TPSA) is 57.6 Å². The zero-order valence-electron chi connectivity index (χ0n) is 8.53. The van der Waals surface area contributed by atoms with Crippen molar-refractivity contribution in [2.24, 2.45) is 5.92 Å². The molecule has 1 N–H and O–H groups in total. The van der Waals surface area contributed by atoms with E-state index >= 15 is 0 Å². The molecule has 1 aliphatic rings. The fraction of sp³-hybridized carbons (Fsp3) is 0.800. The molecule has 4 nitrogen and oxygen atoms in total. The van der Waals surface area contributed by atoms with E-state index < -0.39 is 5.97 Å². The van der Waals surface area contributed by atoms with Crippen LogP contribution in [0, 0.1) is 5.92 Å². The van der Waals surface area contributed by atoms with E-state index in [1.165, 1.54) is 0 Å². The third-order valence-corrected chi connectivity index (χ3v) is 2.62. The molecule has 1 amide bonds. The Morgan fingerprint density at radius 3 is 3.00 bits per heavy atom. The molecule has 0 radical (unpaired) electrons. The molecule has 1 saturated heterocycles. The summed E-state index contributed by atoms with van der Waals surface area (Å²) >= 11 is 0. The molecule has 0 unspecified atom stereocenters. The Morgan fingerprint density at radius 1 is 1.64 bits per heavy atom. The zero-order valence-corrected chi connectivity index (χ0v) is 8.53. The van der Waals surface area contributed by atoms with Crippen molar-refractivity contribution in [1.82, 2.24) is 4.90 Å². The molecule has 0 aromatic rings. The number of carbonyl (C=O) groups excluding carboxylic acids is 1. The standard InChI is InChI=1S/C10H17NO3/c1-8-4-2-6-11(10(8)14)7-3-5-9(12)13/h8H,2-7H2,1H3,(H,12,13)/t8-/m1/s1. The van der Waals surface area contributed by atoms with Gasteiger partial charge in [-0.3, -0.25) is 9.59 Å². The lowest BCUT2D eigenvalue weighted by Crippen LogP contribution is -2.40. The normalized spacial score (nSPS) is 22.5. The van der Waals surface area contributed by atoms with Gasteiger partial charge in [-0.1, -0.05) is 6.92 Å². The molecule has 14 heavy (non-hydrogen) atoms. The molecule has 0 aliphatic carbocycles. The molecule has 0 bridgehead atoms. The summed E-state index contributed by atoms with van der Waals surface area (Å²) in [5, 5.41) is 8.46. The quantitative estimate of drug-likeness (QED) is 0.737. The fourth-order valence-electron chi connectivity index (χ4n) is 1.78. The van der Waals surface area contributed by atoms with Gasteiger partial charge in [0.25, 0.3) is 0 Å². The van der Waals surface area contributed by atoms with E-state index in [-0.39, 0.29) is 18.2 Å². The summed E-state index contributed by atoms with van der Waals surface area (Å²) in [6.45, 7) is 3.32. The van der Waals surface area contributed by atoms with Crippen LogP contribution in [0.15, 0.2) is 0 Å². The minimum Gasteiger partial charge on any atom is -0.481 e. The minimum absolute atomic E-state index is 0.119. The van der Waals surface area contributed by atoms with Gasteiger partial charge in [0.15, 0.2) is 0 Å². The number of carboxylic acid groups (broad SMARTS) is 1. The largest absolute Gasteiger partial charge is 0.481 e. The average Bonchev–Trinajstić information content (AvgIpc) is 2.12. The van der Waals surface area contributed by atoms with Crippen LogP contribution in [0.1, 0.15) is 32.6 Å². The van der Waals surface area contributed by atoms with Crippen molar-refractivity contribution < 1.29 is 14.7 Å². The van der Waals surface area contributed by atoms with Gasteiger partial charge in [0.05, 0.1) is 0 Å². The van der Waals surface area contributed by atoms with Crippen LogP contribution in [-0.2, 0) is 9.59 Å². The van der Waals surface area contributed by atoms with Gasteiger partial charge in [0.2, 0.25) is 5.91 Å². The van der Waals surface area contributed by atoms with E-state index in [0.29, 0.717) is 13.0 Å². The van der Waals surface area contributed by atoms with Gasteiger partial charge in [-0.15, -0.1) is 0 Å². The van der Waals surface area contributed by atoms with Crippen molar-refractivity contribution in [2.75, 3.05) is 13.1 Å². The summed E-state index contributed by atoms with van der Waals surface area (Å²) in [5.41, 5.74) is 0. The van der Waals surface area contributed by atoms with Gasteiger partial charge in [0.1, 0.15) is 0 Å². The summed E-state index contributed by atoms with van der Waals surface area (Å²) in [5.74, 6) is -0.488. The van der Waals surface area contributed by atoms with Crippen molar-refractivity contribution in [2.45, 2.75) is 32.6 Å². The minimum atomic E-state index is -0.789. The van der Waals surface area contributed by atoms with Crippen molar-refractivity contribution >= 4 is 11.9 Å². The number of hydrogen-bond donors (Lipinski definition) is 1. The van der Waals surface area contributed by atoms with Crippen LogP contribution in [-0.4, -0.2) is 35.0 Å². The van der Waals surface area contributed by atoms with E-state index in [0.717, 1.165) is 19.4 Å². The first-order chi connectivity index (χ1) is 6.61.